The maximum Gasteiger partial charge on any atom is 0.257 e. The molecule has 0 unspecified atom stereocenters. The summed E-state index contributed by atoms with van der Waals surface area (Å²) in [6.45, 7) is 3.46. The minimum absolute atomic E-state index is 0.214. The third-order valence-electron chi connectivity index (χ3n) is 5.46. The molecule has 0 aromatic heterocycles. The van der Waals surface area contributed by atoms with Crippen LogP contribution in [-0.2, 0) is 6.42 Å². The number of thiocarbonyl (C=S) groups is 1. The van der Waals surface area contributed by atoms with E-state index in [9.17, 15) is 4.79 Å². The van der Waals surface area contributed by atoms with Gasteiger partial charge < -0.3 is 14.8 Å². The van der Waals surface area contributed by atoms with Gasteiger partial charge in [-0.3, -0.25) is 10.1 Å². The Morgan fingerprint density at radius 1 is 0.800 bits per heavy atom. The van der Waals surface area contributed by atoms with Crippen LogP contribution in [-0.4, -0.2) is 24.2 Å². The van der Waals surface area contributed by atoms with Gasteiger partial charge in [-0.25, -0.2) is 0 Å². The van der Waals surface area contributed by atoms with Crippen molar-refractivity contribution in [1.29, 1.82) is 0 Å². The Hall–Kier alpha value is -3.38. The van der Waals surface area contributed by atoms with E-state index < -0.39 is 0 Å². The molecule has 3 aromatic rings. The summed E-state index contributed by atoms with van der Waals surface area (Å²) in [6, 6.07) is 25.0. The van der Waals surface area contributed by atoms with Crippen molar-refractivity contribution in [2.75, 3.05) is 18.5 Å². The molecule has 6 heteroatoms. The van der Waals surface area contributed by atoms with Gasteiger partial charge in [0, 0.05) is 5.56 Å². The number of hydrogen-bond acceptors (Lipinski definition) is 4. The van der Waals surface area contributed by atoms with E-state index in [4.69, 9.17) is 21.7 Å². The molecule has 0 saturated heterocycles. The summed E-state index contributed by atoms with van der Waals surface area (Å²) in [5, 5.41) is 6.02. The summed E-state index contributed by atoms with van der Waals surface area (Å²) >= 11 is 5.37. The molecule has 0 fully saturated rings. The van der Waals surface area contributed by atoms with Crippen LogP contribution in [0.15, 0.2) is 78.9 Å². The fourth-order valence-corrected chi connectivity index (χ4v) is 3.75. The Balaban J connectivity index is 1.44. The van der Waals surface area contributed by atoms with Crippen LogP contribution in [0.3, 0.4) is 0 Å². The van der Waals surface area contributed by atoms with E-state index in [-0.39, 0.29) is 11.0 Å². The Morgan fingerprint density at radius 3 is 2.29 bits per heavy atom. The number of ether oxygens (including phenoxy) is 2. The summed E-state index contributed by atoms with van der Waals surface area (Å²) < 4.78 is 11.7. The van der Waals surface area contributed by atoms with Crippen LogP contribution in [0.1, 0.15) is 54.9 Å². The number of aryl methyl sites for hydroxylation is 1. The molecule has 0 saturated carbocycles. The lowest BCUT2D eigenvalue weighted by Crippen LogP contribution is -2.34. The second kappa shape index (κ2) is 14.8. The minimum atomic E-state index is -0.279. The van der Waals surface area contributed by atoms with Crippen molar-refractivity contribution in [1.82, 2.24) is 5.32 Å². The summed E-state index contributed by atoms with van der Waals surface area (Å²) in [5.41, 5.74) is 2.51. The molecule has 184 valence electrons. The Bertz CT molecular complexity index is 1060. The second-order valence-electron chi connectivity index (χ2n) is 8.28. The highest BCUT2D eigenvalue weighted by molar-refractivity contribution is 7.80. The smallest absolute Gasteiger partial charge is 0.257 e. The topological polar surface area (TPSA) is 59.6 Å². The maximum atomic E-state index is 12.6. The zero-order valence-corrected chi connectivity index (χ0v) is 21.1. The number of nitrogens with one attached hydrogen (secondary N) is 2. The van der Waals surface area contributed by atoms with E-state index in [0.717, 1.165) is 25.0 Å². The van der Waals surface area contributed by atoms with Crippen molar-refractivity contribution in [3.8, 4) is 11.5 Å². The van der Waals surface area contributed by atoms with Gasteiger partial charge in [0.1, 0.15) is 11.5 Å². The molecule has 2 N–H and O–H groups in total. The molecule has 0 atom stereocenters. The number of para-hydroxylation sites is 2. The number of rotatable bonds is 13. The van der Waals surface area contributed by atoms with Crippen molar-refractivity contribution >= 4 is 28.9 Å². The molecule has 0 radical (unpaired) electrons. The first kappa shape index (κ1) is 26.2. The van der Waals surface area contributed by atoms with E-state index in [1.807, 2.05) is 54.6 Å². The quantitative estimate of drug-likeness (QED) is 0.204. The molecule has 0 aliphatic carbocycles. The largest absolute Gasteiger partial charge is 0.494 e. The standard InChI is InChI=1S/C29H34N2O3S/c1-2-3-4-10-21-33-25-19-17-24(18-20-25)28(32)31-29(35)30-26-15-8-9-16-27(26)34-22-11-14-23-12-6-5-7-13-23/h5-9,12-13,15-20H,2-4,10-11,14,21-22H2,1H3,(H2,30,31,32,35). The lowest BCUT2D eigenvalue weighted by molar-refractivity contribution is 0.0977. The van der Waals surface area contributed by atoms with Gasteiger partial charge in [-0.2, -0.15) is 0 Å². The zero-order valence-electron chi connectivity index (χ0n) is 20.3. The van der Waals surface area contributed by atoms with Gasteiger partial charge in [-0.15, -0.1) is 0 Å². The molecule has 35 heavy (non-hydrogen) atoms. The summed E-state index contributed by atoms with van der Waals surface area (Å²) in [4.78, 5) is 12.6. The molecular weight excluding hydrogens is 456 g/mol. The number of unbranched alkanes of at least 4 members (excludes halogenated alkanes) is 3. The SMILES string of the molecule is CCCCCCOc1ccc(C(=O)NC(=S)Nc2ccccc2OCCCc2ccccc2)cc1. The normalized spacial score (nSPS) is 10.4. The van der Waals surface area contributed by atoms with E-state index in [1.165, 1.54) is 24.8 Å². The first-order valence-corrected chi connectivity index (χ1v) is 12.7. The van der Waals surface area contributed by atoms with Crippen LogP contribution in [0.4, 0.5) is 5.69 Å². The third kappa shape index (κ3) is 9.41. The molecule has 1 amide bonds. The predicted octanol–water partition coefficient (Wildman–Crippen LogP) is 6.78. The van der Waals surface area contributed by atoms with Crippen LogP contribution >= 0.6 is 12.2 Å². The molecule has 0 aliphatic rings. The van der Waals surface area contributed by atoms with Crippen molar-refractivity contribution in [3.05, 3.63) is 90.0 Å². The van der Waals surface area contributed by atoms with E-state index in [0.29, 0.717) is 30.2 Å². The monoisotopic (exact) mass is 490 g/mol. The van der Waals surface area contributed by atoms with Crippen LogP contribution < -0.4 is 20.1 Å². The number of amides is 1. The molecular formula is C29H34N2O3S. The summed E-state index contributed by atoms with van der Waals surface area (Å²) in [7, 11) is 0. The first-order valence-electron chi connectivity index (χ1n) is 12.3. The van der Waals surface area contributed by atoms with Crippen LogP contribution in [0, 0.1) is 0 Å². The van der Waals surface area contributed by atoms with Crippen LogP contribution in [0.2, 0.25) is 0 Å². The lowest BCUT2D eigenvalue weighted by Gasteiger charge is -2.14. The Morgan fingerprint density at radius 2 is 1.51 bits per heavy atom. The predicted molar refractivity (Wildman–Crippen MR) is 146 cm³/mol. The van der Waals surface area contributed by atoms with E-state index in [2.05, 4.69) is 29.7 Å². The molecule has 0 aliphatic heterocycles. The molecule has 3 rings (SSSR count). The fourth-order valence-electron chi connectivity index (χ4n) is 3.55. The zero-order chi connectivity index (χ0) is 24.7. The average Bonchev–Trinajstić information content (AvgIpc) is 2.88. The van der Waals surface area contributed by atoms with Crippen LogP contribution in [0.25, 0.3) is 0 Å². The first-order chi connectivity index (χ1) is 17.2. The number of hydrogen-bond donors (Lipinski definition) is 2. The van der Waals surface area contributed by atoms with Gasteiger partial charge >= 0.3 is 0 Å². The van der Waals surface area contributed by atoms with Crippen molar-refractivity contribution in [2.24, 2.45) is 0 Å². The lowest BCUT2D eigenvalue weighted by atomic mass is 10.1. The van der Waals surface area contributed by atoms with E-state index in [1.54, 1.807) is 12.1 Å². The summed E-state index contributed by atoms with van der Waals surface area (Å²) in [5.74, 6) is 1.17. The highest BCUT2D eigenvalue weighted by Gasteiger charge is 2.10. The maximum absolute atomic E-state index is 12.6. The van der Waals surface area contributed by atoms with Gasteiger partial charge in [0.15, 0.2) is 5.11 Å². The third-order valence-corrected chi connectivity index (χ3v) is 5.66. The number of carbonyl (C=O) groups excluding carboxylic acids is 1. The fraction of sp³-hybridized carbons (Fsp3) is 0.310. The number of benzene rings is 3. The molecule has 0 bridgehead atoms. The van der Waals surface area contributed by atoms with Gasteiger partial charge in [-0.1, -0.05) is 68.7 Å². The van der Waals surface area contributed by atoms with Crippen molar-refractivity contribution < 1.29 is 14.3 Å². The molecule has 5 nitrogen and oxygen atoms in total. The van der Waals surface area contributed by atoms with Gasteiger partial charge in [0.05, 0.1) is 18.9 Å². The minimum Gasteiger partial charge on any atom is -0.494 e. The Kier molecular flexibility index (Phi) is 11.1. The molecule has 0 heterocycles. The Labute approximate surface area is 213 Å². The molecule has 0 spiro atoms. The van der Waals surface area contributed by atoms with E-state index >= 15 is 0 Å². The van der Waals surface area contributed by atoms with Crippen LogP contribution in [0.5, 0.6) is 11.5 Å². The number of anilines is 1. The highest BCUT2D eigenvalue weighted by atomic mass is 32.1. The van der Waals surface area contributed by atoms with Gasteiger partial charge in [0.2, 0.25) is 0 Å². The number of carbonyl (C=O) groups is 1. The highest BCUT2D eigenvalue weighted by Crippen LogP contribution is 2.24. The van der Waals surface area contributed by atoms with Crippen molar-refractivity contribution in [3.63, 3.8) is 0 Å². The summed E-state index contributed by atoms with van der Waals surface area (Å²) in [6.07, 6.45) is 6.48. The second-order valence-corrected chi connectivity index (χ2v) is 8.68. The van der Waals surface area contributed by atoms with Gasteiger partial charge in [0.25, 0.3) is 5.91 Å². The van der Waals surface area contributed by atoms with Crippen molar-refractivity contribution in [2.45, 2.75) is 45.4 Å². The van der Waals surface area contributed by atoms with Gasteiger partial charge in [-0.05, 0) is 73.4 Å². The molecule has 3 aromatic carbocycles. The average molecular weight is 491 g/mol.